The third-order valence-electron chi connectivity index (χ3n) is 3.61. The van der Waals surface area contributed by atoms with Gasteiger partial charge in [0.15, 0.2) is 0 Å². The lowest BCUT2D eigenvalue weighted by atomic mass is 9.94. The minimum absolute atomic E-state index is 0.0538. The van der Waals surface area contributed by atoms with Crippen molar-refractivity contribution in [3.63, 3.8) is 0 Å². The van der Waals surface area contributed by atoms with E-state index in [1.807, 2.05) is 0 Å². The molecule has 0 atom stereocenters. The maximum absolute atomic E-state index is 12.8. The maximum Gasteiger partial charge on any atom is 0.303 e. The molecular weight excluding hydrogens is 293 g/mol. The fourth-order valence-corrected chi connectivity index (χ4v) is 3.20. The van der Waals surface area contributed by atoms with Crippen molar-refractivity contribution in [1.29, 1.82) is 0 Å². The van der Waals surface area contributed by atoms with Gasteiger partial charge in [0.2, 0.25) is 5.91 Å². The Morgan fingerprint density at radius 2 is 1.86 bits per heavy atom. The Bertz CT molecular complexity index is 498. The van der Waals surface area contributed by atoms with Crippen LogP contribution in [-0.4, -0.2) is 40.7 Å². The molecular formula is C15H18FNO3S. The predicted molar refractivity (Wildman–Crippen MR) is 78.7 cm³/mol. The number of thioether (sulfide) groups is 1. The Kier molecular flexibility index (Phi) is 5.61. The van der Waals surface area contributed by atoms with E-state index in [0.29, 0.717) is 18.8 Å². The largest absolute Gasteiger partial charge is 0.481 e. The molecule has 2 rings (SSSR count). The molecule has 0 unspecified atom stereocenters. The Hall–Kier alpha value is -1.56. The summed E-state index contributed by atoms with van der Waals surface area (Å²) in [6.07, 6.45) is 1.69. The lowest BCUT2D eigenvalue weighted by Gasteiger charge is -2.31. The van der Waals surface area contributed by atoms with Crippen LogP contribution in [0.4, 0.5) is 4.39 Å². The highest BCUT2D eigenvalue weighted by atomic mass is 32.2. The number of likely N-dealkylation sites (tertiary alicyclic amines) is 1. The second-order valence-corrected chi connectivity index (χ2v) is 6.21. The second-order valence-electron chi connectivity index (χ2n) is 5.16. The molecule has 0 bridgehead atoms. The summed E-state index contributed by atoms with van der Waals surface area (Å²) in [5.41, 5.74) is 0. The number of aliphatic carboxylic acids is 1. The number of rotatable bonds is 5. The third kappa shape index (κ3) is 5.04. The van der Waals surface area contributed by atoms with Crippen molar-refractivity contribution >= 4 is 23.6 Å². The van der Waals surface area contributed by atoms with E-state index in [2.05, 4.69) is 0 Å². The van der Waals surface area contributed by atoms with Crippen LogP contribution in [0.3, 0.4) is 0 Å². The summed E-state index contributed by atoms with van der Waals surface area (Å²) >= 11 is 1.39. The van der Waals surface area contributed by atoms with Crippen LogP contribution in [0.1, 0.15) is 19.3 Å². The molecule has 1 aromatic rings. The number of nitrogens with zero attached hydrogens (tertiary/aromatic N) is 1. The molecule has 0 saturated carbocycles. The molecule has 0 aliphatic carbocycles. The summed E-state index contributed by atoms with van der Waals surface area (Å²) in [4.78, 5) is 25.4. The quantitative estimate of drug-likeness (QED) is 0.849. The van der Waals surface area contributed by atoms with Crippen molar-refractivity contribution in [2.24, 2.45) is 5.92 Å². The summed E-state index contributed by atoms with van der Waals surface area (Å²) in [5.74, 6) is -0.498. The average molecular weight is 311 g/mol. The number of carbonyl (C=O) groups is 2. The summed E-state index contributed by atoms with van der Waals surface area (Å²) in [5, 5.41) is 8.76. The summed E-state index contributed by atoms with van der Waals surface area (Å²) in [6.45, 7) is 1.25. The lowest BCUT2D eigenvalue weighted by molar-refractivity contribution is -0.138. The molecule has 1 saturated heterocycles. The second kappa shape index (κ2) is 7.45. The van der Waals surface area contributed by atoms with Crippen LogP contribution < -0.4 is 0 Å². The highest BCUT2D eigenvalue weighted by molar-refractivity contribution is 8.00. The minimum atomic E-state index is -0.772. The highest BCUT2D eigenvalue weighted by Gasteiger charge is 2.24. The summed E-state index contributed by atoms with van der Waals surface area (Å²) in [7, 11) is 0. The van der Waals surface area contributed by atoms with E-state index in [1.54, 1.807) is 17.0 Å². The van der Waals surface area contributed by atoms with Crippen LogP contribution in [0.2, 0.25) is 0 Å². The van der Waals surface area contributed by atoms with Gasteiger partial charge < -0.3 is 10.0 Å². The van der Waals surface area contributed by atoms with Crippen molar-refractivity contribution in [1.82, 2.24) is 4.90 Å². The van der Waals surface area contributed by atoms with Crippen LogP contribution in [0, 0.1) is 11.7 Å². The predicted octanol–water partition coefficient (Wildman–Crippen LogP) is 2.63. The smallest absolute Gasteiger partial charge is 0.303 e. The lowest BCUT2D eigenvalue weighted by Crippen LogP contribution is -2.39. The standard InChI is InChI=1S/C15H18FNO3S/c16-12-1-3-13(4-2-12)21-10-14(18)17-7-5-11(6-8-17)9-15(19)20/h1-4,11H,5-10H2,(H,19,20). The average Bonchev–Trinajstić information content (AvgIpc) is 2.46. The van der Waals surface area contributed by atoms with Gasteiger partial charge in [0.05, 0.1) is 5.75 Å². The van der Waals surface area contributed by atoms with Crippen LogP contribution in [0.5, 0.6) is 0 Å². The molecule has 1 fully saturated rings. The highest BCUT2D eigenvalue weighted by Crippen LogP contribution is 2.23. The zero-order valence-electron chi connectivity index (χ0n) is 11.6. The molecule has 114 valence electrons. The number of carbonyl (C=O) groups excluding carboxylic acids is 1. The van der Waals surface area contributed by atoms with Gasteiger partial charge in [-0.1, -0.05) is 0 Å². The van der Waals surface area contributed by atoms with Gasteiger partial charge in [-0.05, 0) is 43.0 Å². The van der Waals surface area contributed by atoms with Gasteiger partial charge in [-0.25, -0.2) is 4.39 Å². The summed E-state index contributed by atoms with van der Waals surface area (Å²) < 4.78 is 12.8. The van der Waals surface area contributed by atoms with E-state index in [0.717, 1.165) is 17.7 Å². The van der Waals surface area contributed by atoms with E-state index in [-0.39, 0.29) is 24.1 Å². The van der Waals surface area contributed by atoms with Gasteiger partial charge in [-0.3, -0.25) is 9.59 Å². The number of piperidine rings is 1. The van der Waals surface area contributed by atoms with Crippen molar-refractivity contribution in [3.05, 3.63) is 30.1 Å². The van der Waals surface area contributed by atoms with E-state index < -0.39 is 5.97 Å². The maximum atomic E-state index is 12.8. The van der Waals surface area contributed by atoms with Gasteiger partial charge in [-0.15, -0.1) is 11.8 Å². The van der Waals surface area contributed by atoms with Crippen LogP contribution in [-0.2, 0) is 9.59 Å². The Morgan fingerprint density at radius 3 is 2.43 bits per heavy atom. The first-order chi connectivity index (χ1) is 10.0. The number of amides is 1. The molecule has 0 aromatic heterocycles. The van der Waals surface area contributed by atoms with E-state index in [1.165, 1.54) is 23.9 Å². The normalized spacial score (nSPS) is 16.0. The molecule has 4 nitrogen and oxygen atoms in total. The topological polar surface area (TPSA) is 57.6 Å². The zero-order valence-corrected chi connectivity index (χ0v) is 12.4. The molecule has 1 aliphatic rings. The number of benzene rings is 1. The van der Waals surface area contributed by atoms with Gasteiger partial charge in [0, 0.05) is 24.4 Å². The van der Waals surface area contributed by atoms with Gasteiger partial charge in [0.1, 0.15) is 5.82 Å². The number of carboxylic acids is 1. The molecule has 0 spiro atoms. The molecule has 1 N–H and O–H groups in total. The van der Waals surface area contributed by atoms with Gasteiger partial charge >= 0.3 is 5.97 Å². The zero-order chi connectivity index (χ0) is 15.2. The number of hydrogen-bond acceptors (Lipinski definition) is 3. The fraction of sp³-hybridized carbons (Fsp3) is 0.467. The minimum Gasteiger partial charge on any atom is -0.481 e. The Morgan fingerprint density at radius 1 is 1.24 bits per heavy atom. The first kappa shape index (κ1) is 15.8. The molecule has 6 heteroatoms. The van der Waals surface area contributed by atoms with Crippen molar-refractivity contribution in [3.8, 4) is 0 Å². The van der Waals surface area contributed by atoms with Gasteiger partial charge in [-0.2, -0.15) is 0 Å². The van der Waals surface area contributed by atoms with Crippen LogP contribution in [0.25, 0.3) is 0 Å². The monoisotopic (exact) mass is 311 g/mol. The molecule has 1 amide bonds. The summed E-state index contributed by atoms with van der Waals surface area (Å²) in [6, 6.07) is 6.08. The van der Waals surface area contributed by atoms with E-state index in [9.17, 15) is 14.0 Å². The first-order valence-electron chi connectivity index (χ1n) is 6.92. The van der Waals surface area contributed by atoms with Crippen molar-refractivity contribution < 1.29 is 19.1 Å². The van der Waals surface area contributed by atoms with E-state index in [4.69, 9.17) is 5.11 Å². The SMILES string of the molecule is O=C(O)CC1CCN(C(=O)CSc2ccc(F)cc2)CC1. The fourth-order valence-electron chi connectivity index (χ4n) is 2.40. The molecule has 21 heavy (non-hydrogen) atoms. The Labute approximate surface area is 127 Å². The van der Waals surface area contributed by atoms with Crippen molar-refractivity contribution in [2.75, 3.05) is 18.8 Å². The van der Waals surface area contributed by atoms with Crippen LogP contribution >= 0.6 is 11.8 Å². The van der Waals surface area contributed by atoms with E-state index >= 15 is 0 Å². The number of hydrogen-bond donors (Lipinski definition) is 1. The molecule has 1 aromatic carbocycles. The van der Waals surface area contributed by atoms with Gasteiger partial charge in [0.25, 0.3) is 0 Å². The van der Waals surface area contributed by atoms with Crippen LogP contribution in [0.15, 0.2) is 29.2 Å². The van der Waals surface area contributed by atoms with Crippen molar-refractivity contribution in [2.45, 2.75) is 24.2 Å². The molecule has 1 aliphatic heterocycles. The molecule has 0 radical (unpaired) electrons. The number of carboxylic acid groups (broad SMARTS) is 1. The first-order valence-corrected chi connectivity index (χ1v) is 7.91. The molecule has 1 heterocycles. The number of halogens is 1. The third-order valence-corrected chi connectivity index (χ3v) is 4.60. The Balaban J connectivity index is 1.74.